The number of hydrogen-bond donors (Lipinski definition) is 1. The van der Waals surface area contributed by atoms with Crippen LogP contribution in [0.5, 0.6) is 0 Å². The van der Waals surface area contributed by atoms with Crippen LogP contribution >= 0.6 is 0 Å². The molecule has 21 heavy (non-hydrogen) atoms. The van der Waals surface area contributed by atoms with Crippen LogP contribution in [0.3, 0.4) is 0 Å². The first-order chi connectivity index (χ1) is 10.0. The highest BCUT2D eigenvalue weighted by Crippen LogP contribution is 2.54. The van der Waals surface area contributed by atoms with Crippen LogP contribution in [-0.2, 0) is 14.9 Å². The Labute approximate surface area is 122 Å². The zero-order valence-corrected chi connectivity index (χ0v) is 12.0. The van der Waals surface area contributed by atoms with E-state index in [-0.39, 0.29) is 17.7 Å². The monoisotopic (exact) mass is 295 g/mol. The summed E-state index contributed by atoms with van der Waals surface area (Å²) in [6.45, 7) is 3.49. The molecule has 3 atom stereocenters. The Hall–Kier alpha value is -1.49. The Balaban J connectivity index is 1.71. The first-order valence-corrected chi connectivity index (χ1v) is 7.34. The lowest BCUT2D eigenvalue weighted by Gasteiger charge is -2.20. The molecule has 0 spiro atoms. The van der Waals surface area contributed by atoms with Gasteiger partial charge >= 0.3 is 0 Å². The summed E-state index contributed by atoms with van der Waals surface area (Å²) in [4.78, 5) is 12.1. The van der Waals surface area contributed by atoms with Gasteiger partial charge in [-0.2, -0.15) is 0 Å². The summed E-state index contributed by atoms with van der Waals surface area (Å²) >= 11 is 0. The molecule has 0 bridgehead atoms. The number of ether oxygens (including phenoxy) is 1. The SMILES string of the molecule is CC1CC1(CNC(=O)C1CCOC1)c1ccc(F)cc1F. The van der Waals surface area contributed by atoms with Gasteiger partial charge in [0.15, 0.2) is 0 Å². The lowest BCUT2D eigenvalue weighted by atomic mass is 9.92. The van der Waals surface area contributed by atoms with Gasteiger partial charge in [0.05, 0.1) is 12.5 Å². The van der Waals surface area contributed by atoms with Crippen molar-refractivity contribution in [2.75, 3.05) is 19.8 Å². The van der Waals surface area contributed by atoms with Gasteiger partial charge in [0.25, 0.3) is 0 Å². The molecule has 114 valence electrons. The lowest BCUT2D eigenvalue weighted by molar-refractivity contribution is -0.125. The molecule has 1 aromatic carbocycles. The maximum Gasteiger partial charge on any atom is 0.225 e. The molecule has 2 fully saturated rings. The van der Waals surface area contributed by atoms with Crippen LogP contribution in [0.15, 0.2) is 18.2 Å². The zero-order valence-electron chi connectivity index (χ0n) is 12.0. The summed E-state index contributed by atoms with van der Waals surface area (Å²) in [6.07, 6.45) is 1.54. The minimum atomic E-state index is -0.577. The Morgan fingerprint density at radius 1 is 1.48 bits per heavy atom. The smallest absolute Gasteiger partial charge is 0.225 e. The normalized spacial score (nSPS) is 31.2. The number of amides is 1. The molecule has 3 unspecified atom stereocenters. The van der Waals surface area contributed by atoms with Crippen molar-refractivity contribution in [2.24, 2.45) is 11.8 Å². The van der Waals surface area contributed by atoms with E-state index in [2.05, 4.69) is 5.32 Å². The van der Waals surface area contributed by atoms with Crippen molar-refractivity contribution in [3.63, 3.8) is 0 Å². The quantitative estimate of drug-likeness (QED) is 0.926. The summed E-state index contributed by atoms with van der Waals surface area (Å²) in [5.74, 6) is -0.968. The summed E-state index contributed by atoms with van der Waals surface area (Å²) in [7, 11) is 0. The van der Waals surface area contributed by atoms with Gasteiger partial charge in [-0.25, -0.2) is 8.78 Å². The van der Waals surface area contributed by atoms with Gasteiger partial charge in [0.1, 0.15) is 11.6 Å². The third kappa shape index (κ3) is 2.67. The van der Waals surface area contributed by atoms with Crippen molar-refractivity contribution >= 4 is 5.91 Å². The molecule has 1 amide bonds. The van der Waals surface area contributed by atoms with Crippen LogP contribution in [0.1, 0.15) is 25.3 Å². The molecule has 1 saturated carbocycles. The number of carbonyl (C=O) groups excluding carboxylic acids is 1. The number of rotatable bonds is 4. The average Bonchev–Trinajstić information content (AvgIpc) is 2.89. The van der Waals surface area contributed by atoms with Crippen molar-refractivity contribution in [3.8, 4) is 0 Å². The molecule has 1 heterocycles. The molecule has 0 aromatic heterocycles. The topological polar surface area (TPSA) is 38.3 Å². The van der Waals surface area contributed by atoms with Gasteiger partial charge < -0.3 is 10.1 Å². The van der Waals surface area contributed by atoms with E-state index in [0.717, 1.165) is 18.9 Å². The zero-order chi connectivity index (χ0) is 15.0. The van der Waals surface area contributed by atoms with Gasteiger partial charge in [-0.15, -0.1) is 0 Å². The minimum Gasteiger partial charge on any atom is -0.381 e. The van der Waals surface area contributed by atoms with E-state index in [1.54, 1.807) is 0 Å². The number of hydrogen-bond acceptors (Lipinski definition) is 2. The Kier molecular flexibility index (Phi) is 3.69. The van der Waals surface area contributed by atoms with E-state index in [0.29, 0.717) is 25.3 Å². The summed E-state index contributed by atoms with van der Waals surface area (Å²) in [5.41, 5.74) is 0.103. The van der Waals surface area contributed by atoms with Crippen LogP contribution in [-0.4, -0.2) is 25.7 Å². The highest BCUT2D eigenvalue weighted by molar-refractivity contribution is 5.79. The van der Waals surface area contributed by atoms with Crippen LogP contribution in [0, 0.1) is 23.5 Å². The molecule has 0 radical (unpaired) electrons. The lowest BCUT2D eigenvalue weighted by Crippen LogP contribution is -2.37. The first-order valence-electron chi connectivity index (χ1n) is 7.34. The van der Waals surface area contributed by atoms with E-state index < -0.39 is 17.0 Å². The van der Waals surface area contributed by atoms with Gasteiger partial charge in [-0.05, 0) is 30.4 Å². The van der Waals surface area contributed by atoms with Gasteiger partial charge in [-0.1, -0.05) is 13.0 Å². The molecule has 1 aliphatic heterocycles. The fourth-order valence-electron chi connectivity index (χ4n) is 3.23. The molecule has 1 aliphatic carbocycles. The number of halogens is 2. The van der Waals surface area contributed by atoms with Crippen LogP contribution in [0.4, 0.5) is 8.78 Å². The fourth-order valence-corrected chi connectivity index (χ4v) is 3.23. The van der Waals surface area contributed by atoms with E-state index >= 15 is 0 Å². The molecule has 3 rings (SSSR count). The molecule has 1 aromatic rings. The van der Waals surface area contributed by atoms with Crippen LogP contribution < -0.4 is 5.32 Å². The molecule has 5 heteroatoms. The third-order valence-corrected chi connectivity index (χ3v) is 4.80. The highest BCUT2D eigenvalue weighted by Gasteiger charge is 2.53. The third-order valence-electron chi connectivity index (χ3n) is 4.80. The largest absolute Gasteiger partial charge is 0.381 e. The maximum atomic E-state index is 14.0. The van der Waals surface area contributed by atoms with Gasteiger partial charge in [0.2, 0.25) is 5.91 Å². The number of carbonyl (C=O) groups is 1. The number of nitrogens with one attached hydrogen (secondary N) is 1. The summed E-state index contributed by atoms with van der Waals surface area (Å²) in [6, 6.07) is 3.69. The molecule has 3 nitrogen and oxygen atoms in total. The minimum absolute atomic E-state index is 0.0338. The Bertz CT molecular complexity index is 557. The first kappa shape index (κ1) is 14.4. The standard InChI is InChI=1S/C16H19F2NO2/c1-10-7-16(10,13-3-2-12(17)6-14(13)18)9-19-15(20)11-4-5-21-8-11/h2-3,6,10-11H,4-5,7-9H2,1H3,(H,19,20). The van der Waals surface area contributed by atoms with Crippen molar-refractivity contribution in [2.45, 2.75) is 25.2 Å². The van der Waals surface area contributed by atoms with E-state index in [4.69, 9.17) is 4.74 Å². The predicted octanol–water partition coefficient (Wildman–Crippen LogP) is 2.40. The predicted molar refractivity (Wildman–Crippen MR) is 73.8 cm³/mol. The van der Waals surface area contributed by atoms with Crippen molar-refractivity contribution in [1.29, 1.82) is 0 Å². The molecular formula is C16H19F2NO2. The van der Waals surface area contributed by atoms with Crippen LogP contribution in [0.25, 0.3) is 0 Å². The highest BCUT2D eigenvalue weighted by atomic mass is 19.1. The van der Waals surface area contributed by atoms with E-state index in [9.17, 15) is 13.6 Å². The van der Waals surface area contributed by atoms with Crippen molar-refractivity contribution < 1.29 is 18.3 Å². The van der Waals surface area contributed by atoms with Crippen molar-refractivity contribution in [3.05, 3.63) is 35.4 Å². The fraction of sp³-hybridized carbons (Fsp3) is 0.562. The Morgan fingerprint density at radius 3 is 2.81 bits per heavy atom. The second-order valence-electron chi connectivity index (χ2n) is 6.16. The Morgan fingerprint density at radius 2 is 2.24 bits per heavy atom. The van der Waals surface area contributed by atoms with Crippen molar-refractivity contribution in [1.82, 2.24) is 5.32 Å². The second kappa shape index (κ2) is 5.37. The van der Waals surface area contributed by atoms with E-state index in [1.807, 2.05) is 6.92 Å². The molecular weight excluding hydrogens is 276 g/mol. The van der Waals surface area contributed by atoms with Crippen LogP contribution in [0.2, 0.25) is 0 Å². The molecule has 1 saturated heterocycles. The second-order valence-corrected chi connectivity index (χ2v) is 6.16. The van der Waals surface area contributed by atoms with E-state index in [1.165, 1.54) is 12.1 Å². The maximum absolute atomic E-state index is 14.0. The van der Waals surface area contributed by atoms with Gasteiger partial charge in [-0.3, -0.25) is 4.79 Å². The average molecular weight is 295 g/mol. The summed E-state index contributed by atoms with van der Waals surface area (Å²) < 4.78 is 32.3. The van der Waals surface area contributed by atoms with Gasteiger partial charge in [0, 0.05) is 24.6 Å². The summed E-state index contributed by atoms with van der Waals surface area (Å²) in [5, 5.41) is 2.92. The molecule has 2 aliphatic rings. The molecule has 1 N–H and O–H groups in total. The number of benzene rings is 1.